The fraction of sp³-hybridized carbons (Fsp3) is 0.533. The minimum absolute atomic E-state index is 0.0213. The van der Waals surface area contributed by atoms with Crippen molar-refractivity contribution in [1.82, 2.24) is 4.90 Å². The van der Waals surface area contributed by atoms with Crippen LogP contribution in [0, 0.1) is 0 Å². The van der Waals surface area contributed by atoms with E-state index in [-0.39, 0.29) is 12.4 Å². The number of carbonyl (C=O) groups excluding carboxylic acids is 1. The summed E-state index contributed by atoms with van der Waals surface area (Å²) in [6.45, 7) is 0.895. The van der Waals surface area contributed by atoms with E-state index in [1.807, 2.05) is 0 Å². The summed E-state index contributed by atoms with van der Waals surface area (Å²) >= 11 is 11.9. The number of hydrogen-bond acceptors (Lipinski definition) is 3. The first-order chi connectivity index (χ1) is 9.61. The highest BCUT2D eigenvalue weighted by atomic mass is 35.5. The van der Waals surface area contributed by atoms with Crippen LogP contribution in [0.4, 0.5) is 0 Å². The number of benzene rings is 1. The summed E-state index contributed by atoms with van der Waals surface area (Å²) < 4.78 is 0. The summed E-state index contributed by atoms with van der Waals surface area (Å²) in [6.07, 6.45) is 4.59. The number of Topliss-reactive ketones (excluding diaryl/α,β-unsaturated/α-hetero) is 1. The Bertz CT molecular complexity index is 473. The molecule has 0 spiro atoms. The van der Waals surface area contributed by atoms with Crippen molar-refractivity contribution in [2.24, 2.45) is 0 Å². The SMILES string of the molecule is O=C(CN(CCO)C1CCCC1)c1ccc(Cl)cc1Cl. The highest BCUT2D eigenvalue weighted by Gasteiger charge is 2.24. The topological polar surface area (TPSA) is 40.5 Å². The molecule has 1 aromatic carbocycles. The molecule has 20 heavy (non-hydrogen) atoms. The van der Waals surface area contributed by atoms with Crippen molar-refractivity contribution in [2.75, 3.05) is 19.7 Å². The van der Waals surface area contributed by atoms with Crippen LogP contribution in [0.1, 0.15) is 36.0 Å². The zero-order valence-electron chi connectivity index (χ0n) is 11.3. The molecule has 0 heterocycles. The second kappa shape index (κ2) is 7.41. The minimum Gasteiger partial charge on any atom is -0.395 e. The molecule has 0 atom stereocenters. The average Bonchev–Trinajstić information content (AvgIpc) is 2.91. The maximum absolute atomic E-state index is 12.4. The molecule has 3 nitrogen and oxygen atoms in total. The first kappa shape index (κ1) is 15.8. The van der Waals surface area contributed by atoms with Gasteiger partial charge < -0.3 is 5.11 Å². The zero-order chi connectivity index (χ0) is 14.5. The first-order valence-electron chi connectivity index (χ1n) is 6.95. The molecule has 0 saturated heterocycles. The number of ketones is 1. The Morgan fingerprint density at radius 1 is 1.30 bits per heavy atom. The summed E-state index contributed by atoms with van der Waals surface area (Å²) in [4.78, 5) is 14.4. The van der Waals surface area contributed by atoms with Gasteiger partial charge in [0, 0.05) is 23.2 Å². The van der Waals surface area contributed by atoms with Crippen LogP contribution < -0.4 is 0 Å². The molecule has 0 aliphatic heterocycles. The molecule has 110 valence electrons. The van der Waals surface area contributed by atoms with Crippen molar-refractivity contribution in [3.05, 3.63) is 33.8 Å². The molecule has 0 aromatic heterocycles. The van der Waals surface area contributed by atoms with Gasteiger partial charge in [-0.05, 0) is 31.0 Å². The quantitative estimate of drug-likeness (QED) is 0.818. The largest absolute Gasteiger partial charge is 0.395 e. The van der Waals surface area contributed by atoms with Gasteiger partial charge in [0.2, 0.25) is 0 Å². The average molecular weight is 316 g/mol. The minimum atomic E-state index is -0.0213. The van der Waals surface area contributed by atoms with Gasteiger partial charge in [-0.25, -0.2) is 0 Å². The lowest BCUT2D eigenvalue weighted by molar-refractivity contribution is 0.0862. The third-order valence-electron chi connectivity index (χ3n) is 3.81. The van der Waals surface area contributed by atoms with Crippen LogP contribution in [-0.4, -0.2) is 41.5 Å². The number of aliphatic hydroxyl groups is 1. The Labute approximate surface area is 129 Å². The smallest absolute Gasteiger partial charge is 0.178 e. The van der Waals surface area contributed by atoms with Crippen molar-refractivity contribution in [1.29, 1.82) is 0 Å². The van der Waals surface area contributed by atoms with E-state index in [1.165, 1.54) is 12.8 Å². The fourth-order valence-electron chi connectivity index (χ4n) is 2.77. The lowest BCUT2D eigenvalue weighted by atomic mass is 10.1. The van der Waals surface area contributed by atoms with E-state index in [0.717, 1.165) is 12.8 Å². The first-order valence-corrected chi connectivity index (χ1v) is 7.70. The third-order valence-corrected chi connectivity index (χ3v) is 4.35. The number of halogens is 2. The van der Waals surface area contributed by atoms with Crippen LogP contribution in [0.3, 0.4) is 0 Å². The normalized spacial score (nSPS) is 16.0. The van der Waals surface area contributed by atoms with Gasteiger partial charge >= 0.3 is 0 Å². The van der Waals surface area contributed by atoms with Crippen molar-refractivity contribution in [2.45, 2.75) is 31.7 Å². The molecule has 5 heteroatoms. The summed E-state index contributed by atoms with van der Waals surface area (Å²) in [7, 11) is 0. The lowest BCUT2D eigenvalue weighted by Gasteiger charge is -2.27. The predicted octanol–water partition coefficient (Wildman–Crippen LogP) is 3.41. The summed E-state index contributed by atoms with van der Waals surface area (Å²) in [5.41, 5.74) is 0.497. The van der Waals surface area contributed by atoms with Crippen molar-refractivity contribution in [3.63, 3.8) is 0 Å². The van der Waals surface area contributed by atoms with E-state index in [2.05, 4.69) is 4.90 Å². The monoisotopic (exact) mass is 315 g/mol. The van der Waals surface area contributed by atoms with E-state index >= 15 is 0 Å². The lowest BCUT2D eigenvalue weighted by Crippen LogP contribution is -2.39. The molecule has 0 bridgehead atoms. The van der Waals surface area contributed by atoms with Crippen LogP contribution in [-0.2, 0) is 0 Å². The van der Waals surface area contributed by atoms with Gasteiger partial charge in [-0.2, -0.15) is 0 Å². The van der Waals surface area contributed by atoms with Crippen molar-refractivity contribution < 1.29 is 9.90 Å². The molecular formula is C15H19Cl2NO2. The van der Waals surface area contributed by atoms with Gasteiger partial charge in [0.15, 0.2) is 5.78 Å². The molecule has 0 unspecified atom stereocenters. The standard InChI is InChI=1S/C15H19Cl2NO2/c16-11-5-6-13(14(17)9-11)15(20)10-18(7-8-19)12-3-1-2-4-12/h5-6,9,12,19H,1-4,7-8,10H2. The molecule has 1 aliphatic carbocycles. The van der Waals surface area contributed by atoms with Crippen LogP contribution in [0.5, 0.6) is 0 Å². The van der Waals surface area contributed by atoms with E-state index in [9.17, 15) is 9.90 Å². The fourth-order valence-corrected chi connectivity index (χ4v) is 3.29. The Hall–Kier alpha value is -0.610. The molecule has 0 amide bonds. The summed E-state index contributed by atoms with van der Waals surface area (Å²) in [5, 5.41) is 10.1. The Morgan fingerprint density at radius 3 is 2.60 bits per heavy atom. The van der Waals surface area contributed by atoms with E-state index in [4.69, 9.17) is 23.2 Å². The molecule has 1 aromatic rings. The van der Waals surface area contributed by atoms with E-state index in [0.29, 0.717) is 34.7 Å². The summed E-state index contributed by atoms with van der Waals surface area (Å²) in [5.74, 6) is -0.0213. The summed E-state index contributed by atoms with van der Waals surface area (Å²) in [6, 6.07) is 5.32. The highest BCUT2D eigenvalue weighted by molar-refractivity contribution is 6.36. The second-order valence-electron chi connectivity index (χ2n) is 5.18. The van der Waals surface area contributed by atoms with E-state index in [1.54, 1.807) is 18.2 Å². The third kappa shape index (κ3) is 3.95. The maximum Gasteiger partial charge on any atom is 0.178 e. The second-order valence-corrected chi connectivity index (χ2v) is 6.02. The molecule has 1 N–H and O–H groups in total. The van der Waals surface area contributed by atoms with Gasteiger partial charge in [0.25, 0.3) is 0 Å². The van der Waals surface area contributed by atoms with Gasteiger partial charge in [0.05, 0.1) is 18.2 Å². The number of nitrogens with zero attached hydrogens (tertiary/aromatic N) is 1. The number of rotatable bonds is 6. The number of carbonyl (C=O) groups is 1. The van der Waals surface area contributed by atoms with Gasteiger partial charge in [-0.3, -0.25) is 9.69 Å². The Kier molecular flexibility index (Phi) is 5.85. The Morgan fingerprint density at radius 2 is 2.00 bits per heavy atom. The van der Waals surface area contributed by atoms with Crippen molar-refractivity contribution >= 4 is 29.0 Å². The van der Waals surface area contributed by atoms with Gasteiger partial charge in [0.1, 0.15) is 0 Å². The van der Waals surface area contributed by atoms with E-state index < -0.39 is 0 Å². The van der Waals surface area contributed by atoms with Gasteiger partial charge in [-0.15, -0.1) is 0 Å². The molecule has 1 aliphatic rings. The molecule has 2 rings (SSSR count). The molecule has 1 fully saturated rings. The molecule has 0 radical (unpaired) electrons. The van der Waals surface area contributed by atoms with Crippen LogP contribution in [0.2, 0.25) is 10.0 Å². The van der Waals surface area contributed by atoms with Crippen LogP contribution in [0.15, 0.2) is 18.2 Å². The van der Waals surface area contributed by atoms with Crippen LogP contribution >= 0.6 is 23.2 Å². The number of hydrogen-bond donors (Lipinski definition) is 1. The highest BCUT2D eigenvalue weighted by Crippen LogP contribution is 2.25. The van der Waals surface area contributed by atoms with Gasteiger partial charge in [-0.1, -0.05) is 36.0 Å². The Balaban J connectivity index is 2.07. The number of aliphatic hydroxyl groups excluding tert-OH is 1. The van der Waals surface area contributed by atoms with Crippen molar-refractivity contribution in [3.8, 4) is 0 Å². The predicted molar refractivity (Wildman–Crippen MR) is 81.7 cm³/mol. The van der Waals surface area contributed by atoms with Crippen LogP contribution in [0.25, 0.3) is 0 Å². The molecule has 1 saturated carbocycles. The zero-order valence-corrected chi connectivity index (χ0v) is 12.8. The molecular weight excluding hydrogens is 297 g/mol. The maximum atomic E-state index is 12.4.